The third-order valence-corrected chi connectivity index (χ3v) is 6.09. The number of anilines is 3. The van der Waals surface area contributed by atoms with E-state index in [2.05, 4.69) is 63.1 Å². The van der Waals surface area contributed by atoms with Gasteiger partial charge in [-0.1, -0.05) is 27.7 Å². The van der Waals surface area contributed by atoms with Gasteiger partial charge in [-0.05, 0) is 108 Å². The first-order valence-corrected chi connectivity index (χ1v) is 14.2. The second kappa shape index (κ2) is 17.7. The Morgan fingerprint density at radius 1 is 0.730 bits per heavy atom. The van der Waals surface area contributed by atoms with Gasteiger partial charge in [0.2, 0.25) is 11.9 Å². The van der Waals surface area contributed by atoms with Gasteiger partial charge in [0.25, 0.3) is 0 Å². The molecule has 0 fully saturated rings. The van der Waals surface area contributed by atoms with E-state index in [1.807, 2.05) is 25.1 Å². The molecule has 0 aliphatic heterocycles. The number of ether oxygens (including phenoxy) is 1. The lowest BCUT2D eigenvalue weighted by Crippen LogP contribution is -2.28. The van der Waals surface area contributed by atoms with Gasteiger partial charge in [0.15, 0.2) is 0 Å². The monoisotopic (exact) mass is 514 g/mol. The van der Waals surface area contributed by atoms with Gasteiger partial charge < -0.3 is 30.9 Å². The number of hydrogen-bond donors (Lipinski definition) is 3. The molecule has 1 aromatic carbocycles. The van der Waals surface area contributed by atoms with E-state index in [-0.39, 0.29) is 6.01 Å². The molecule has 2 rings (SSSR count). The topological polar surface area (TPSA) is 104 Å². The van der Waals surface area contributed by atoms with Crippen molar-refractivity contribution in [3.05, 3.63) is 23.8 Å². The molecular weight excluding hydrogens is 464 g/mol. The number of nitrogens with zero attached hydrogens (tertiary/aromatic N) is 5. The number of hydrogen-bond acceptors (Lipinski definition) is 9. The third kappa shape index (κ3) is 12.0. The number of nitrogens with one attached hydrogen (secondary N) is 2. The van der Waals surface area contributed by atoms with Crippen molar-refractivity contribution >= 4 is 17.6 Å². The highest BCUT2D eigenvalue weighted by molar-refractivity contribution is 5.50. The Hall–Kier alpha value is -2.65. The fourth-order valence-corrected chi connectivity index (χ4v) is 4.32. The van der Waals surface area contributed by atoms with E-state index >= 15 is 0 Å². The van der Waals surface area contributed by atoms with E-state index in [1.165, 1.54) is 25.7 Å². The van der Waals surface area contributed by atoms with Crippen molar-refractivity contribution < 1.29 is 4.74 Å². The van der Waals surface area contributed by atoms with E-state index in [1.54, 1.807) is 0 Å². The van der Waals surface area contributed by atoms with Crippen LogP contribution in [-0.4, -0.2) is 77.1 Å². The van der Waals surface area contributed by atoms with Crippen LogP contribution in [-0.2, 0) is 0 Å². The van der Waals surface area contributed by atoms with E-state index in [0.29, 0.717) is 17.6 Å². The van der Waals surface area contributed by atoms with Crippen LogP contribution >= 0.6 is 0 Å². The molecule has 1 aromatic heterocycles. The molecule has 0 aliphatic rings. The molecule has 0 aliphatic carbocycles. The highest BCUT2D eigenvalue weighted by Crippen LogP contribution is 2.23. The third-order valence-electron chi connectivity index (χ3n) is 6.09. The van der Waals surface area contributed by atoms with Crippen molar-refractivity contribution in [2.45, 2.75) is 73.1 Å². The Labute approximate surface area is 224 Å². The van der Waals surface area contributed by atoms with Crippen molar-refractivity contribution in [2.24, 2.45) is 0 Å². The Bertz CT molecular complexity index is 840. The van der Waals surface area contributed by atoms with Crippen molar-refractivity contribution in [1.29, 1.82) is 0 Å². The van der Waals surface area contributed by atoms with Gasteiger partial charge in [-0.2, -0.15) is 15.0 Å². The predicted octanol–water partition coefficient (Wildman–Crippen LogP) is 5.40. The van der Waals surface area contributed by atoms with Gasteiger partial charge in [-0.25, -0.2) is 0 Å². The molecule has 0 amide bonds. The Morgan fingerprint density at radius 3 is 1.65 bits per heavy atom. The highest BCUT2D eigenvalue weighted by atomic mass is 16.5. The lowest BCUT2D eigenvalue weighted by molar-refractivity contribution is 0.274. The number of nitrogen functional groups attached to an aromatic ring is 1. The molecule has 0 atom stereocenters. The van der Waals surface area contributed by atoms with Crippen molar-refractivity contribution in [2.75, 3.05) is 68.7 Å². The number of nitrogens with two attached hydrogens (primary N) is 1. The van der Waals surface area contributed by atoms with Crippen LogP contribution < -0.4 is 21.1 Å². The predicted molar refractivity (Wildman–Crippen MR) is 156 cm³/mol. The number of aromatic nitrogens is 3. The molecule has 0 unspecified atom stereocenters. The first-order chi connectivity index (χ1) is 18.0. The van der Waals surface area contributed by atoms with Crippen LogP contribution in [0.15, 0.2) is 18.2 Å². The van der Waals surface area contributed by atoms with Crippen molar-refractivity contribution in [3.8, 4) is 11.8 Å². The van der Waals surface area contributed by atoms with E-state index in [9.17, 15) is 0 Å². The lowest BCUT2D eigenvalue weighted by Gasteiger charge is -2.21. The lowest BCUT2D eigenvalue weighted by atomic mass is 10.2. The summed E-state index contributed by atoms with van der Waals surface area (Å²) in [5.74, 6) is 1.70. The smallest absolute Gasteiger partial charge is 0.328 e. The largest absolute Gasteiger partial charge is 0.424 e. The van der Waals surface area contributed by atoms with Gasteiger partial charge in [0.1, 0.15) is 5.75 Å². The maximum atomic E-state index is 6.00. The van der Waals surface area contributed by atoms with Crippen LogP contribution in [0.4, 0.5) is 17.6 Å². The molecule has 9 heteroatoms. The summed E-state index contributed by atoms with van der Waals surface area (Å²) in [4.78, 5) is 18.7. The quantitative estimate of drug-likeness (QED) is 0.158. The molecule has 208 valence electrons. The Morgan fingerprint density at radius 2 is 1.22 bits per heavy atom. The molecule has 1 heterocycles. The molecule has 0 spiro atoms. The molecule has 2 aromatic rings. The average molecular weight is 515 g/mol. The molecule has 4 N–H and O–H groups in total. The summed E-state index contributed by atoms with van der Waals surface area (Å²) in [6.07, 6.45) is 6.75. The minimum absolute atomic E-state index is 0.265. The van der Waals surface area contributed by atoms with Crippen LogP contribution in [0, 0.1) is 6.92 Å². The summed E-state index contributed by atoms with van der Waals surface area (Å²) in [7, 11) is 0. The Kier molecular flexibility index (Phi) is 14.7. The average Bonchev–Trinajstić information content (AvgIpc) is 2.87. The second-order valence-corrected chi connectivity index (χ2v) is 9.63. The molecule has 0 radical (unpaired) electrons. The number of aryl methyl sites for hydroxylation is 1. The van der Waals surface area contributed by atoms with Gasteiger partial charge >= 0.3 is 6.01 Å². The fraction of sp³-hybridized carbons (Fsp3) is 0.679. The van der Waals surface area contributed by atoms with Crippen LogP contribution in [0.5, 0.6) is 11.8 Å². The van der Waals surface area contributed by atoms with Gasteiger partial charge in [0, 0.05) is 18.8 Å². The highest BCUT2D eigenvalue weighted by Gasteiger charge is 2.11. The SMILES string of the molecule is CCCN(CCC)CCCNc1nc(NCCCN(CCC)CCC)nc(Oc2ccc(N)c(C)c2)n1. The standard InChI is InChI=1S/C28H50N8O/c1-6-16-35(17-7-2)20-10-14-30-26-32-27(31-15-11-21-36(18-8-3)19-9-4)34-28(33-26)37-24-12-13-25(29)23(5)22-24/h12-13,22H,6-11,14-21,29H2,1-5H3,(H2,30,31,32,33,34). The van der Waals surface area contributed by atoms with Gasteiger partial charge in [0.05, 0.1) is 0 Å². The van der Waals surface area contributed by atoms with Crippen LogP contribution in [0.1, 0.15) is 71.8 Å². The maximum Gasteiger partial charge on any atom is 0.328 e. The minimum atomic E-state index is 0.265. The normalized spacial score (nSPS) is 11.3. The first-order valence-electron chi connectivity index (χ1n) is 14.2. The zero-order valence-electron chi connectivity index (χ0n) is 23.9. The van der Waals surface area contributed by atoms with Crippen molar-refractivity contribution in [3.63, 3.8) is 0 Å². The summed E-state index contributed by atoms with van der Waals surface area (Å²) in [6.45, 7) is 19.1. The molecule has 0 bridgehead atoms. The minimum Gasteiger partial charge on any atom is -0.424 e. The van der Waals surface area contributed by atoms with Gasteiger partial charge in [-0.3, -0.25) is 0 Å². The van der Waals surface area contributed by atoms with E-state index < -0.39 is 0 Å². The molecular formula is C28H50N8O. The number of benzene rings is 1. The summed E-state index contributed by atoms with van der Waals surface area (Å²) >= 11 is 0. The summed E-state index contributed by atoms with van der Waals surface area (Å²) in [5.41, 5.74) is 7.64. The summed E-state index contributed by atoms with van der Waals surface area (Å²) < 4.78 is 6.00. The summed E-state index contributed by atoms with van der Waals surface area (Å²) in [5, 5.41) is 6.75. The Balaban J connectivity index is 2.03. The van der Waals surface area contributed by atoms with E-state index in [0.717, 1.165) is 76.5 Å². The van der Waals surface area contributed by atoms with Crippen LogP contribution in [0.2, 0.25) is 0 Å². The van der Waals surface area contributed by atoms with Crippen LogP contribution in [0.25, 0.3) is 0 Å². The molecule has 37 heavy (non-hydrogen) atoms. The van der Waals surface area contributed by atoms with E-state index in [4.69, 9.17) is 10.5 Å². The molecule has 9 nitrogen and oxygen atoms in total. The maximum absolute atomic E-state index is 6.00. The zero-order chi connectivity index (χ0) is 26.9. The van der Waals surface area contributed by atoms with Crippen molar-refractivity contribution in [1.82, 2.24) is 24.8 Å². The summed E-state index contributed by atoms with van der Waals surface area (Å²) in [6, 6.07) is 5.83. The zero-order valence-corrected chi connectivity index (χ0v) is 23.9. The fourth-order valence-electron chi connectivity index (χ4n) is 4.32. The van der Waals surface area contributed by atoms with Gasteiger partial charge in [-0.15, -0.1) is 0 Å². The van der Waals surface area contributed by atoms with Crippen LogP contribution in [0.3, 0.4) is 0 Å². The number of rotatable bonds is 20. The molecule has 0 saturated heterocycles. The second-order valence-electron chi connectivity index (χ2n) is 9.63. The first kappa shape index (κ1) is 30.6. The molecule has 0 saturated carbocycles.